The van der Waals surface area contributed by atoms with E-state index in [1.165, 1.54) is 37.4 Å². The predicted molar refractivity (Wildman–Crippen MR) is 125 cm³/mol. The van der Waals surface area contributed by atoms with Crippen molar-refractivity contribution in [2.75, 3.05) is 20.2 Å². The van der Waals surface area contributed by atoms with Crippen LogP contribution in [0.15, 0.2) is 30.4 Å². The number of rotatable bonds is 5. The number of aromatic hydroxyl groups is 1. The number of fused-ring (bicyclic) bond motifs is 1. The van der Waals surface area contributed by atoms with Gasteiger partial charge in [0.15, 0.2) is 5.78 Å². The van der Waals surface area contributed by atoms with E-state index in [2.05, 4.69) is 10.6 Å². The zero-order chi connectivity index (χ0) is 25.3. The van der Waals surface area contributed by atoms with Gasteiger partial charge in [-0.25, -0.2) is 9.59 Å². The molecule has 4 atom stereocenters. The molecule has 0 saturated carbocycles. The van der Waals surface area contributed by atoms with Crippen LogP contribution in [-0.2, 0) is 9.53 Å². The van der Waals surface area contributed by atoms with Gasteiger partial charge in [-0.3, -0.25) is 4.79 Å². The minimum atomic E-state index is -1.60. The van der Waals surface area contributed by atoms with Crippen LogP contribution in [0.5, 0.6) is 11.5 Å². The summed E-state index contributed by atoms with van der Waals surface area (Å²) in [6.07, 6.45) is 2.47. The molecule has 3 unspecified atom stereocenters. The number of amides is 2. The van der Waals surface area contributed by atoms with Crippen molar-refractivity contribution in [2.45, 2.75) is 45.0 Å². The molecule has 1 heterocycles. The lowest BCUT2D eigenvalue weighted by Crippen LogP contribution is -2.33. The van der Waals surface area contributed by atoms with Crippen molar-refractivity contribution in [3.63, 3.8) is 0 Å². The van der Waals surface area contributed by atoms with E-state index in [0.29, 0.717) is 13.0 Å². The third-order valence-corrected chi connectivity index (χ3v) is 5.36. The monoisotopic (exact) mass is 476 g/mol. The number of cyclic esters (lactones) is 1. The number of nitrogens with one attached hydrogen (secondary N) is 2. The van der Waals surface area contributed by atoms with Gasteiger partial charge < -0.3 is 35.4 Å². The number of esters is 1. The second kappa shape index (κ2) is 12.8. The number of urea groups is 1. The minimum Gasteiger partial charge on any atom is -0.507 e. The lowest BCUT2D eigenvalue weighted by atomic mass is 9.99. The van der Waals surface area contributed by atoms with Crippen LogP contribution in [0.25, 0.3) is 6.08 Å². The molecule has 0 aromatic heterocycles. The number of ether oxygens (including phenoxy) is 2. The maximum atomic E-state index is 12.9. The number of benzene rings is 1. The third kappa shape index (κ3) is 7.60. The molecule has 10 nitrogen and oxygen atoms in total. The first kappa shape index (κ1) is 26.9. The number of hydrogen-bond donors (Lipinski definition) is 5. The van der Waals surface area contributed by atoms with Crippen molar-refractivity contribution >= 4 is 23.9 Å². The summed E-state index contributed by atoms with van der Waals surface area (Å²) in [4.78, 5) is 36.1. The molecule has 1 aliphatic rings. The maximum absolute atomic E-state index is 12.9. The SMILES string of the molecule is CNC(=O)NCCCOc1cc(O)c2c(c1)/C=C/CC(O)C(O)C(=O)/C=C\[C@@H](C)C(C)OC2=O. The Morgan fingerprint density at radius 2 is 1.94 bits per heavy atom. The van der Waals surface area contributed by atoms with Crippen LogP contribution in [0.4, 0.5) is 4.79 Å². The standard InChI is InChI=1S/C24H32N2O8/c1-14-8-9-19(28)22(30)18(27)7-4-6-16-12-17(33-11-5-10-26-24(32)25-3)13-20(29)21(16)23(31)34-15(14)2/h4,6,8-9,12-15,18,22,27,29-30H,5,7,10-11H2,1-3H3,(H2,25,26,32)/b6-4+,9-8-/t14-,15?,18?,22?/m1/s1. The first-order valence-electron chi connectivity index (χ1n) is 11.0. The Hall–Kier alpha value is -3.37. The fourth-order valence-corrected chi connectivity index (χ4v) is 3.10. The first-order valence-corrected chi connectivity index (χ1v) is 11.0. The lowest BCUT2D eigenvalue weighted by molar-refractivity contribution is -0.127. The zero-order valence-electron chi connectivity index (χ0n) is 19.5. The van der Waals surface area contributed by atoms with E-state index < -0.39 is 30.1 Å². The van der Waals surface area contributed by atoms with E-state index in [4.69, 9.17) is 9.47 Å². The predicted octanol–water partition coefficient (Wildman–Crippen LogP) is 1.54. The van der Waals surface area contributed by atoms with Gasteiger partial charge in [-0.1, -0.05) is 25.2 Å². The molecule has 0 radical (unpaired) electrons. The summed E-state index contributed by atoms with van der Waals surface area (Å²) in [5.74, 6) is -1.83. The minimum absolute atomic E-state index is 0.0712. The van der Waals surface area contributed by atoms with Crippen LogP contribution in [0.3, 0.4) is 0 Å². The highest BCUT2D eigenvalue weighted by molar-refractivity contribution is 5.97. The van der Waals surface area contributed by atoms with Gasteiger partial charge in [-0.05, 0) is 37.5 Å². The smallest absolute Gasteiger partial charge is 0.342 e. The molecule has 1 aromatic carbocycles. The number of hydrogen-bond acceptors (Lipinski definition) is 8. The number of phenols is 1. The second-order valence-corrected chi connectivity index (χ2v) is 8.00. The largest absolute Gasteiger partial charge is 0.507 e. The second-order valence-electron chi connectivity index (χ2n) is 8.00. The topological polar surface area (TPSA) is 154 Å². The van der Waals surface area contributed by atoms with Gasteiger partial charge in [-0.2, -0.15) is 0 Å². The summed E-state index contributed by atoms with van der Waals surface area (Å²) in [5.41, 5.74) is 0.208. The molecule has 186 valence electrons. The summed E-state index contributed by atoms with van der Waals surface area (Å²) >= 11 is 0. The van der Waals surface area contributed by atoms with Gasteiger partial charge >= 0.3 is 12.0 Å². The summed E-state index contributed by atoms with van der Waals surface area (Å²) in [6, 6.07) is 2.53. The molecule has 1 aliphatic heterocycles. The molecule has 0 bridgehead atoms. The van der Waals surface area contributed by atoms with Gasteiger partial charge in [-0.15, -0.1) is 0 Å². The Labute approximate surface area is 198 Å². The molecule has 0 aliphatic carbocycles. The molecule has 5 N–H and O–H groups in total. The summed E-state index contributed by atoms with van der Waals surface area (Å²) in [6.45, 7) is 4.00. The van der Waals surface area contributed by atoms with E-state index in [1.807, 2.05) is 0 Å². The molecule has 1 aromatic rings. The number of carbonyl (C=O) groups excluding carboxylic acids is 3. The fraction of sp³-hybridized carbons (Fsp3) is 0.458. The molecular weight excluding hydrogens is 444 g/mol. The number of phenolic OH excluding ortho intramolecular Hbond substituents is 1. The summed E-state index contributed by atoms with van der Waals surface area (Å²) in [7, 11) is 1.51. The van der Waals surface area contributed by atoms with Crippen LogP contribution >= 0.6 is 0 Å². The number of ketones is 1. The van der Waals surface area contributed by atoms with Gasteiger partial charge in [0, 0.05) is 25.6 Å². The van der Waals surface area contributed by atoms with Crippen molar-refractivity contribution in [1.82, 2.24) is 10.6 Å². The quantitative estimate of drug-likeness (QED) is 0.317. The van der Waals surface area contributed by atoms with Crippen LogP contribution in [-0.4, -0.2) is 71.6 Å². The number of aliphatic hydroxyl groups is 2. The number of aliphatic hydroxyl groups excluding tert-OH is 2. The van der Waals surface area contributed by atoms with Crippen LogP contribution < -0.4 is 15.4 Å². The van der Waals surface area contributed by atoms with Crippen molar-refractivity contribution in [1.29, 1.82) is 0 Å². The highest BCUT2D eigenvalue weighted by Gasteiger charge is 2.25. The summed E-state index contributed by atoms with van der Waals surface area (Å²) in [5, 5.41) is 35.9. The fourth-order valence-electron chi connectivity index (χ4n) is 3.10. The first-order chi connectivity index (χ1) is 16.1. The third-order valence-electron chi connectivity index (χ3n) is 5.36. The molecule has 34 heavy (non-hydrogen) atoms. The van der Waals surface area contributed by atoms with Crippen LogP contribution in [0.2, 0.25) is 0 Å². The van der Waals surface area contributed by atoms with Gasteiger partial charge in [0.05, 0.1) is 12.7 Å². The highest BCUT2D eigenvalue weighted by Crippen LogP contribution is 2.31. The van der Waals surface area contributed by atoms with Crippen LogP contribution in [0.1, 0.15) is 42.6 Å². The Morgan fingerprint density at radius 1 is 1.21 bits per heavy atom. The summed E-state index contributed by atoms with van der Waals surface area (Å²) < 4.78 is 11.1. The molecule has 2 amide bonds. The molecule has 2 rings (SSSR count). The van der Waals surface area contributed by atoms with E-state index in [9.17, 15) is 29.7 Å². The van der Waals surface area contributed by atoms with Crippen molar-refractivity contribution in [3.8, 4) is 11.5 Å². The van der Waals surface area contributed by atoms with Crippen molar-refractivity contribution in [2.24, 2.45) is 5.92 Å². The molecule has 0 spiro atoms. The van der Waals surface area contributed by atoms with E-state index in [0.717, 1.165) is 6.08 Å². The average molecular weight is 477 g/mol. The molecule has 0 saturated heterocycles. The molecule has 10 heteroatoms. The van der Waals surface area contributed by atoms with E-state index >= 15 is 0 Å². The van der Waals surface area contributed by atoms with Crippen molar-refractivity contribution < 1.29 is 39.2 Å². The maximum Gasteiger partial charge on any atom is 0.342 e. The zero-order valence-corrected chi connectivity index (χ0v) is 19.5. The Bertz CT molecular complexity index is 943. The lowest BCUT2D eigenvalue weighted by Gasteiger charge is -2.20. The van der Waals surface area contributed by atoms with Gasteiger partial charge in [0.1, 0.15) is 29.3 Å². The van der Waals surface area contributed by atoms with E-state index in [1.54, 1.807) is 13.8 Å². The number of carbonyl (C=O) groups is 3. The van der Waals surface area contributed by atoms with Crippen LogP contribution in [0, 0.1) is 5.92 Å². The molecule has 0 fully saturated rings. The van der Waals surface area contributed by atoms with Gasteiger partial charge in [0.2, 0.25) is 0 Å². The Balaban J connectivity index is 2.28. The Morgan fingerprint density at radius 3 is 2.65 bits per heavy atom. The highest BCUT2D eigenvalue weighted by atomic mass is 16.5. The van der Waals surface area contributed by atoms with Crippen molar-refractivity contribution in [3.05, 3.63) is 41.5 Å². The normalized spacial score (nSPS) is 25.3. The van der Waals surface area contributed by atoms with E-state index in [-0.39, 0.29) is 47.6 Å². The van der Waals surface area contributed by atoms with Gasteiger partial charge in [0.25, 0.3) is 0 Å². The molecular formula is C24H32N2O8. The Kier molecular flexibility index (Phi) is 10.1. The average Bonchev–Trinajstić information content (AvgIpc) is 2.80.